The highest BCUT2D eigenvalue weighted by atomic mass is 32.2. The Morgan fingerprint density at radius 1 is 1.30 bits per heavy atom. The fourth-order valence-corrected chi connectivity index (χ4v) is 5.26. The summed E-state index contributed by atoms with van der Waals surface area (Å²) in [5.41, 5.74) is 0.539. The van der Waals surface area contributed by atoms with E-state index in [2.05, 4.69) is 0 Å². The van der Waals surface area contributed by atoms with Crippen LogP contribution in [0.5, 0.6) is 5.75 Å². The number of likely N-dealkylation sites (N-methyl/N-ethyl adjacent to an activating group) is 1. The number of hydrogen-bond donors (Lipinski definition) is 0. The van der Waals surface area contributed by atoms with Crippen molar-refractivity contribution in [1.82, 2.24) is 4.90 Å². The minimum Gasteiger partial charge on any atom is -0.497 e. The molecule has 1 saturated carbocycles. The molecule has 1 saturated heterocycles. The first-order chi connectivity index (χ1) is 10.9. The molecule has 0 N–H and O–H groups in total. The largest absolute Gasteiger partial charge is 0.497 e. The van der Waals surface area contributed by atoms with Gasteiger partial charge in [0.25, 0.3) is 0 Å². The van der Waals surface area contributed by atoms with Gasteiger partial charge >= 0.3 is 0 Å². The van der Waals surface area contributed by atoms with Crippen LogP contribution in [0.4, 0.5) is 0 Å². The highest BCUT2D eigenvalue weighted by Crippen LogP contribution is 2.50. The maximum atomic E-state index is 13.1. The molecule has 1 aromatic rings. The van der Waals surface area contributed by atoms with Crippen LogP contribution in [0, 0.1) is 0 Å². The number of nitrogens with zero attached hydrogens (tertiary/aromatic N) is 1. The van der Waals surface area contributed by atoms with Crippen LogP contribution in [-0.4, -0.2) is 50.4 Å². The van der Waals surface area contributed by atoms with Gasteiger partial charge in [-0.15, -0.1) is 0 Å². The molecule has 1 aliphatic carbocycles. The molecule has 23 heavy (non-hydrogen) atoms. The summed E-state index contributed by atoms with van der Waals surface area (Å²) < 4.78 is 28.6. The first-order valence-electron chi connectivity index (χ1n) is 8.08. The van der Waals surface area contributed by atoms with Crippen LogP contribution in [0.25, 0.3) is 0 Å². The zero-order valence-corrected chi connectivity index (χ0v) is 14.4. The lowest BCUT2D eigenvalue weighted by molar-refractivity contribution is -0.135. The number of methoxy groups -OCH3 is 1. The number of rotatable bonds is 5. The van der Waals surface area contributed by atoms with Crippen molar-refractivity contribution in [3.05, 3.63) is 29.8 Å². The fraction of sp³-hybridized carbons (Fsp3) is 0.588. The van der Waals surface area contributed by atoms with Gasteiger partial charge in [-0.1, -0.05) is 12.1 Å². The number of amides is 1. The van der Waals surface area contributed by atoms with E-state index in [1.54, 1.807) is 12.0 Å². The molecule has 0 bridgehead atoms. The third-order valence-electron chi connectivity index (χ3n) is 5.05. The van der Waals surface area contributed by atoms with Crippen molar-refractivity contribution >= 4 is 15.7 Å². The summed E-state index contributed by atoms with van der Waals surface area (Å²) in [6.07, 6.45) is 2.21. The molecule has 3 rings (SSSR count). The predicted octanol–water partition coefficient (Wildman–Crippen LogP) is 1.76. The van der Waals surface area contributed by atoms with Gasteiger partial charge < -0.3 is 9.64 Å². The highest BCUT2D eigenvalue weighted by molar-refractivity contribution is 7.91. The smallest absolute Gasteiger partial charge is 0.233 e. The molecule has 1 unspecified atom stereocenters. The number of carbonyl (C=O) groups excluding carboxylic acids is 1. The molecule has 1 aromatic carbocycles. The van der Waals surface area contributed by atoms with Gasteiger partial charge in [-0.3, -0.25) is 4.79 Å². The van der Waals surface area contributed by atoms with E-state index in [9.17, 15) is 13.2 Å². The Balaban J connectivity index is 1.82. The number of carbonyl (C=O) groups is 1. The second-order valence-corrected chi connectivity index (χ2v) is 8.69. The van der Waals surface area contributed by atoms with Crippen molar-refractivity contribution in [1.29, 1.82) is 0 Å². The van der Waals surface area contributed by atoms with Crippen molar-refractivity contribution in [2.45, 2.75) is 37.6 Å². The van der Waals surface area contributed by atoms with E-state index < -0.39 is 15.3 Å². The number of benzene rings is 1. The molecular formula is C17H23NO4S. The van der Waals surface area contributed by atoms with Crippen molar-refractivity contribution in [2.75, 3.05) is 25.2 Å². The summed E-state index contributed by atoms with van der Waals surface area (Å²) in [5.74, 6) is 1.14. The number of sulfone groups is 1. The lowest BCUT2D eigenvalue weighted by Gasteiger charge is -2.31. The minimum absolute atomic E-state index is 0.0762. The Hall–Kier alpha value is -1.56. The number of ether oxygens (including phenoxy) is 1. The molecule has 1 aliphatic heterocycles. The van der Waals surface area contributed by atoms with Crippen molar-refractivity contribution in [3.8, 4) is 5.75 Å². The summed E-state index contributed by atoms with van der Waals surface area (Å²) in [6.45, 7) is 2.48. The van der Waals surface area contributed by atoms with Crippen LogP contribution in [0.1, 0.15) is 31.7 Å². The first kappa shape index (κ1) is 16.3. The molecule has 1 atom stereocenters. The Bertz CT molecular complexity index is 692. The first-order valence-corrected chi connectivity index (χ1v) is 9.90. The maximum absolute atomic E-state index is 13.1. The summed E-state index contributed by atoms with van der Waals surface area (Å²) in [7, 11) is -1.38. The van der Waals surface area contributed by atoms with E-state index in [1.165, 1.54) is 0 Å². The lowest BCUT2D eigenvalue weighted by Crippen LogP contribution is -2.46. The molecule has 1 heterocycles. The van der Waals surface area contributed by atoms with Gasteiger partial charge in [-0.05, 0) is 43.9 Å². The summed E-state index contributed by atoms with van der Waals surface area (Å²) in [4.78, 5) is 14.9. The Labute approximate surface area is 137 Å². The fourth-order valence-electron chi connectivity index (χ4n) is 3.52. The van der Waals surface area contributed by atoms with Gasteiger partial charge in [0.05, 0.1) is 24.0 Å². The zero-order chi connectivity index (χ0) is 16.7. The van der Waals surface area contributed by atoms with Crippen LogP contribution in [-0.2, 0) is 20.0 Å². The molecule has 0 spiro atoms. The summed E-state index contributed by atoms with van der Waals surface area (Å²) in [6, 6.07) is 7.47. The molecule has 2 aliphatic rings. The second kappa shape index (κ2) is 5.82. The Morgan fingerprint density at radius 2 is 1.96 bits per heavy atom. The van der Waals surface area contributed by atoms with Gasteiger partial charge in [-0.2, -0.15) is 0 Å². The third-order valence-corrected chi connectivity index (χ3v) is 6.80. The standard InChI is InChI=1S/C17H23NO4S/c1-3-18(14-8-11-23(20,21)12-14)16(19)17(9-10-17)13-4-6-15(22-2)7-5-13/h4-7,14H,3,8-12H2,1-2H3. The third kappa shape index (κ3) is 2.96. The van der Waals surface area contributed by atoms with E-state index in [4.69, 9.17) is 4.74 Å². The van der Waals surface area contributed by atoms with E-state index in [-0.39, 0.29) is 23.5 Å². The van der Waals surface area contributed by atoms with Crippen molar-refractivity contribution in [3.63, 3.8) is 0 Å². The van der Waals surface area contributed by atoms with Crippen molar-refractivity contribution < 1.29 is 17.9 Å². The predicted molar refractivity (Wildman–Crippen MR) is 88.4 cm³/mol. The molecular weight excluding hydrogens is 314 g/mol. The van der Waals surface area contributed by atoms with E-state index in [0.717, 1.165) is 24.2 Å². The van der Waals surface area contributed by atoms with E-state index >= 15 is 0 Å². The highest BCUT2D eigenvalue weighted by Gasteiger charge is 2.54. The van der Waals surface area contributed by atoms with Gasteiger partial charge in [0.1, 0.15) is 5.75 Å². The summed E-state index contributed by atoms with van der Waals surface area (Å²) in [5, 5.41) is 0. The minimum atomic E-state index is -2.99. The quantitative estimate of drug-likeness (QED) is 0.821. The molecule has 0 aromatic heterocycles. The van der Waals surface area contributed by atoms with Crippen LogP contribution in [0.3, 0.4) is 0 Å². The molecule has 2 fully saturated rings. The van der Waals surface area contributed by atoms with Crippen LogP contribution < -0.4 is 4.74 Å². The van der Waals surface area contributed by atoms with Crippen LogP contribution >= 0.6 is 0 Å². The lowest BCUT2D eigenvalue weighted by atomic mass is 9.93. The van der Waals surface area contributed by atoms with Crippen molar-refractivity contribution in [2.24, 2.45) is 0 Å². The molecule has 126 valence electrons. The molecule has 5 nitrogen and oxygen atoms in total. The monoisotopic (exact) mass is 337 g/mol. The Kier molecular flexibility index (Phi) is 4.12. The summed E-state index contributed by atoms with van der Waals surface area (Å²) >= 11 is 0. The maximum Gasteiger partial charge on any atom is 0.233 e. The van der Waals surface area contributed by atoms with Gasteiger partial charge in [-0.25, -0.2) is 8.42 Å². The molecule has 1 amide bonds. The average Bonchev–Trinajstić information content (AvgIpc) is 3.28. The SMILES string of the molecule is CCN(C(=O)C1(c2ccc(OC)cc2)CC1)C1CCS(=O)(=O)C1. The number of hydrogen-bond acceptors (Lipinski definition) is 4. The molecule has 0 radical (unpaired) electrons. The van der Waals surface area contributed by atoms with E-state index in [1.807, 2.05) is 31.2 Å². The second-order valence-electron chi connectivity index (χ2n) is 6.46. The van der Waals surface area contributed by atoms with E-state index in [0.29, 0.717) is 13.0 Å². The average molecular weight is 337 g/mol. The van der Waals surface area contributed by atoms with Gasteiger partial charge in [0, 0.05) is 12.6 Å². The normalized spacial score (nSPS) is 24.2. The van der Waals surface area contributed by atoms with Crippen LogP contribution in [0.2, 0.25) is 0 Å². The molecule has 6 heteroatoms. The topological polar surface area (TPSA) is 63.7 Å². The Morgan fingerprint density at radius 3 is 2.39 bits per heavy atom. The van der Waals surface area contributed by atoms with Crippen LogP contribution in [0.15, 0.2) is 24.3 Å². The van der Waals surface area contributed by atoms with Gasteiger partial charge in [0.15, 0.2) is 9.84 Å². The van der Waals surface area contributed by atoms with Gasteiger partial charge in [0.2, 0.25) is 5.91 Å². The zero-order valence-electron chi connectivity index (χ0n) is 13.6.